The van der Waals surface area contributed by atoms with Gasteiger partial charge in [0.2, 0.25) is 0 Å². The summed E-state index contributed by atoms with van der Waals surface area (Å²) in [5, 5.41) is 10.8. The molecule has 0 amide bonds. The highest BCUT2D eigenvalue weighted by molar-refractivity contribution is 5.83. The van der Waals surface area contributed by atoms with Crippen LogP contribution >= 0.6 is 0 Å². The van der Waals surface area contributed by atoms with Crippen LogP contribution in [0.2, 0.25) is 0 Å². The highest BCUT2D eigenvalue weighted by atomic mass is 16.5. The fourth-order valence-electron chi connectivity index (χ4n) is 4.05. The Hall–Kier alpha value is -2.17. The predicted molar refractivity (Wildman–Crippen MR) is 115 cm³/mol. The molecule has 0 saturated heterocycles. The lowest BCUT2D eigenvalue weighted by Gasteiger charge is -2.22. The van der Waals surface area contributed by atoms with Crippen LogP contribution in [0.25, 0.3) is 11.1 Å². The first-order chi connectivity index (χ1) is 13.9. The Morgan fingerprint density at radius 3 is 2.72 bits per heavy atom. The first kappa shape index (κ1) is 21.5. The van der Waals surface area contributed by atoms with Gasteiger partial charge in [-0.2, -0.15) is 0 Å². The summed E-state index contributed by atoms with van der Waals surface area (Å²) in [6.07, 6.45) is 2.63. The Morgan fingerprint density at radius 1 is 1.21 bits per heavy atom. The van der Waals surface area contributed by atoms with E-state index in [1.165, 1.54) is 18.2 Å². The van der Waals surface area contributed by atoms with E-state index < -0.39 is 12.1 Å². The van der Waals surface area contributed by atoms with Crippen LogP contribution in [-0.4, -0.2) is 24.8 Å². The molecule has 0 radical (unpaired) electrons. The molecule has 1 aliphatic rings. The number of carbonyl (C=O) groups is 1. The number of esters is 1. The van der Waals surface area contributed by atoms with Crippen LogP contribution in [0, 0.1) is 12.8 Å². The molecule has 156 valence electrons. The number of aliphatic hydroxyl groups excluding tert-OH is 1. The molecule has 29 heavy (non-hydrogen) atoms. The number of hydrogen-bond donors (Lipinski definition) is 1. The van der Waals surface area contributed by atoms with E-state index in [4.69, 9.17) is 9.47 Å². The summed E-state index contributed by atoms with van der Waals surface area (Å²) in [6.45, 7) is 7.77. The van der Waals surface area contributed by atoms with Crippen molar-refractivity contribution in [3.8, 4) is 11.1 Å². The summed E-state index contributed by atoms with van der Waals surface area (Å²) in [5.74, 6) is -0.0548. The van der Waals surface area contributed by atoms with Crippen molar-refractivity contribution >= 4 is 5.97 Å². The normalized spacial score (nSPS) is 15.0. The minimum atomic E-state index is -1.30. The van der Waals surface area contributed by atoms with Gasteiger partial charge in [0.1, 0.15) is 0 Å². The van der Waals surface area contributed by atoms with Crippen LogP contribution in [0.3, 0.4) is 0 Å². The predicted octanol–water partition coefficient (Wildman–Crippen LogP) is 4.92. The summed E-state index contributed by atoms with van der Waals surface area (Å²) in [6, 6.07) is 10.6. The molecular weight excluding hydrogens is 364 g/mol. The largest absolute Gasteiger partial charge is 0.467 e. The average Bonchev–Trinajstić information content (AvgIpc) is 2.96. The SMILES string of the molecule is COC(=O)C(O)c1c(C)ccc(CCC(C)C)c1-c1ccc2c(c1)CCCOC2. The van der Waals surface area contributed by atoms with Crippen molar-refractivity contribution in [3.05, 3.63) is 58.1 Å². The number of hydrogen-bond acceptors (Lipinski definition) is 4. The van der Waals surface area contributed by atoms with Crippen molar-refractivity contribution in [2.45, 2.75) is 59.2 Å². The zero-order valence-corrected chi connectivity index (χ0v) is 18.0. The van der Waals surface area contributed by atoms with Crippen molar-refractivity contribution in [3.63, 3.8) is 0 Å². The van der Waals surface area contributed by atoms with Crippen molar-refractivity contribution in [1.29, 1.82) is 0 Å². The van der Waals surface area contributed by atoms with Crippen molar-refractivity contribution in [2.75, 3.05) is 13.7 Å². The van der Waals surface area contributed by atoms with Crippen molar-refractivity contribution < 1.29 is 19.4 Å². The monoisotopic (exact) mass is 396 g/mol. The number of aryl methyl sites for hydroxylation is 3. The number of ether oxygens (including phenoxy) is 2. The molecule has 1 heterocycles. The number of aliphatic hydroxyl groups is 1. The van der Waals surface area contributed by atoms with Gasteiger partial charge in [-0.3, -0.25) is 0 Å². The fraction of sp³-hybridized carbons (Fsp3) is 0.480. The summed E-state index contributed by atoms with van der Waals surface area (Å²) < 4.78 is 10.5. The van der Waals surface area contributed by atoms with Gasteiger partial charge in [-0.15, -0.1) is 0 Å². The molecule has 2 aromatic rings. The van der Waals surface area contributed by atoms with Crippen LogP contribution in [-0.2, 0) is 33.7 Å². The van der Waals surface area contributed by atoms with E-state index in [2.05, 4.69) is 38.1 Å². The maximum atomic E-state index is 12.2. The third-order valence-electron chi connectivity index (χ3n) is 5.73. The van der Waals surface area contributed by atoms with Gasteiger partial charge in [0.15, 0.2) is 6.10 Å². The van der Waals surface area contributed by atoms with Gasteiger partial charge >= 0.3 is 5.97 Å². The molecule has 0 fully saturated rings. The van der Waals surface area contributed by atoms with Gasteiger partial charge in [-0.05, 0) is 71.9 Å². The average molecular weight is 397 g/mol. The Labute approximate surface area is 173 Å². The smallest absolute Gasteiger partial charge is 0.339 e. The first-order valence-electron chi connectivity index (χ1n) is 10.5. The maximum absolute atomic E-state index is 12.2. The number of fused-ring (bicyclic) bond motifs is 1. The molecule has 0 bridgehead atoms. The molecule has 2 aromatic carbocycles. The van der Waals surface area contributed by atoms with Crippen LogP contribution in [0.1, 0.15) is 60.6 Å². The quantitative estimate of drug-likeness (QED) is 0.704. The third-order valence-corrected chi connectivity index (χ3v) is 5.73. The topological polar surface area (TPSA) is 55.8 Å². The zero-order valence-electron chi connectivity index (χ0n) is 18.0. The second-order valence-electron chi connectivity index (χ2n) is 8.33. The molecule has 1 atom stereocenters. The van der Waals surface area contributed by atoms with Crippen LogP contribution in [0.4, 0.5) is 0 Å². The molecule has 3 rings (SSSR count). The molecule has 1 aliphatic heterocycles. The summed E-state index contributed by atoms with van der Waals surface area (Å²) in [7, 11) is 1.31. The molecule has 1 N–H and O–H groups in total. The van der Waals surface area contributed by atoms with Crippen LogP contribution in [0.15, 0.2) is 30.3 Å². The van der Waals surface area contributed by atoms with Gasteiger partial charge < -0.3 is 14.6 Å². The second-order valence-corrected chi connectivity index (χ2v) is 8.33. The van der Waals surface area contributed by atoms with Gasteiger partial charge in [0.05, 0.1) is 13.7 Å². The third kappa shape index (κ3) is 4.88. The molecule has 1 unspecified atom stereocenters. The van der Waals surface area contributed by atoms with Crippen LogP contribution in [0.5, 0.6) is 0 Å². The minimum absolute atomic E-state index is 0.572. The minimum Gasteiger partial charge on any atom is -0.467 e. The zero-order chi connectivity index (χ0) is 21.0. The summed E-state index contributed by atoms with van der Waals surface area (Å²) in [5.41, 5.74) is 7.23. The van der Waals surface area contributed by atoms with Gasteiger partial charge in [-0.25, -0.2) is 4.79 Å². The Kier molecular flexibility index (Phi) is 7.09. The standard InChI is InChI=1S/C25H32O4/c1-16(2)7-9-18-10-8-17(3)22(24(26)25(27)28-4)23(18)20-11-12-21-15-29-13-5-6-19(21)14-20/h8,10-12,14,16,24,26H,5-7,9,13,15H2,1-4H3. The lowest BCUT2D eigenvalue weighted by Crippen LogP contribution is -2.17. The fourth-order valence-corrected chi connectivity index (χ4v) is 4.05. The number of methoxy groups -OCH3 is 1. The molecule has 4 heteroatoms. The van der Waals surface area contributed by atoms with Gasteiger partial charge in [-0.1, -0.05) is 44.2 Å². The highest BCUT2D eigenvalue weighted by Gasteiger charge is 2.26. The lowest BCUT2D eigenvalue weighted by molar-refractivity contribution is -0.150. The van der Waals surface area contributed by atoms with E-state index in [9.17, 15) is 9.90 Å². The Morgan fingerprint density at radius 2 is 2.00 bits per heavy atom. The molecule has 0 saturated carbocycles. The Balaban J connectivity index is 2.17. The molecule has 0 aliphatic carbocycles. The van der Waals surface area contributed by atoms with E-state index in [1.807, 2.05) is 13.0 Å². The maximum Gasteiger partial charge on any atom is 0.339 e. The molecule has 0 aromatic heterocycles. The molecular formula is C25H32O4. The van der Waals surface area contributed by atoms with Crippen LogP contribution < -0.4 is 0 Å². The molecule has 0 spiro atoms. The number of carbonyl (C=O) groups excluding carboxylic acids is 1. The van der Waals surface area contributed by atoms with E-state index >= 15 is 0 Å². The summed E-state index contributed by atoms with van der Waals surface area (Å²) >= 11 is 0. The number of benzene rings is 2. The Bertz CT molecular complexity index is 869. The van der Waals surface area contributed by atoms with E-state index in [-0.39, 0.29) is 0 Å². The van der Waals surface area contributed by atoms with E-state index in [0.717, 1.165) is 54.5 Å². The van der Waals surface area contributed by atoms with Gasteiger partial charge in [0.25, 0.3) is 0 Å². The first-order valence-corrected chi connectivity index (χ1v) is 10.5. The molecule has 4 nitrogen and oxygen atoms in total. The summed E-state index contributed by atoms with van der Waals surface area (Å²) in [4.78, 5) is 12.2. The van der Waals surface area contributed by atoms with Crippen molar-refractivity contribution in [2.24, 2.45) is 5.92 Å². The van der Waals surface area contributed by atoms with E-state index in [0.29, 0.717) is 18.1 Å². The second kappa shape index (κ2) is 9.55. The number of rotatable bonds is 6. The van der Waals surface area contributed by atoms with E-state index in [1.54, 1.807) is 0 Å². The van der Waals surface area contributed by atoms with Gasteiger partial charge in [0, 0.05) is 12.2 Å². The highest BCUT2D eigenvalue weighted by Crippen LogP contribution is 2.37. The lowest BCUT2D eigenvalue weighted by atomic mass is 9.85. The van der Waals surface area contributed by atoms with Crippen molar-refractivity contribution in [1.82, 2.24) is 0 Å².